The van der Waals surface area contributed by atoms with Crippen molar-refractivity contribution in [2.24, 2.45) is 0 Å². The van der Waals surface area contributed by atoms with E-state index in [9.17, 15) is 4.79 Å². The molecule has 1 aromatic heterocycles. The van der Waals surface area contributed by atoms with Crippen molar-refractivity contribution in [2.45, 2.75) is 36.1 Å². The number of nitrogens with zero attached hydrogens (tertiary/aromatic N) is 3. The van der Waals surface area contributed by atoms with Crippen LogP contribution in [0.2, 0.25) is 0 Å². The van der Waals surface area contributed by atoms with Crippen molar-refractivity contribution in [2.75, 3.05) is 12.4 Å². The quantitative estimate of drug-likeness (QED) is 0.606. The van der Waals surface area contributed by atoms with Crippen LogP contribution in [0.3, 0.4) is 0 Å². The van der Waals surface area contributed by atoms with Crippen LogP contribution in [-0.4, -0.2) is 33.0 Å². The molecule has 4 rings (SSSR count). The van der Waals surface area contributed by atoms with Crippen LogP contribution in [0.4, 0.5) is 5.69 Å². The second-order valence-corrected chi connectivity index (χ2v) is 8.07. The van der Waals surface area contributed by atoms with Crippen LogP contribution in [0.5, 0.6) is 5.75 Å². The molecule has 1 saturated carbocycles. The Labute approximate surface area is 168 Å². The van der Waals surface area contributed by atoms with Crippen molar-refractivity contribution in [1.29, 1.82) is 0 Å². The van der Waals surface area contributed by atoms with Gasteiger partial charge in [0.25, 0.3) is 0 Å². The Kier molecular flexibility index (Phi) is 5.34. The Morgan fingerprint density at radius 3 is 2.50 bits per heavy atom. The normalized spacial score (nSPS) is 14.5. The average Bonchev–Trinajstić information content (AvgIpc) is 3.49. The maximum atomic E-state index is 12.7. The molecule has 3 aromatic rings. The fourth-order valence-corrected chi connectivity index (χ4v) is 3.79. The monoisotopic (exact) mass is 394 g/mol. The van der Waals surface area contributed by atoms with Gasteiger partial charge in [-0.1, -0.05) is 30.0 Å². The number of ether oxygens (including phenoxy) is 1. The number of anilines is 1. The zero-order chi connectivity index (χ0) is 19.5. The third-order valence-electron chi connectivity index (χ3n) is 4.62. The highest BCUT2D eigenvalue weighted by atomic mass is 32.2. The number of benzene rings is 2. The van der Waals surface area contributed by atoms with Crippen LogP contribution in [-0.2, 0) is 4.79 Å². The smallest absolute Gasteiger partial charge is 0.237 e. The standard InChI is InChI=1S/C21H22N4O2S/c1-14(20(26)22-16-10-12-18(27-2)13-11-16)28-21-24-23-19(15-8-9-15)25(21)17-6-4-3-5-7-17/h3-7,10-15H,8-9H2,1-2H3,(H,22,26)/t14-/m0/s1. The SMILES string of the molecule is COc1ccc(NC(=O)[C@H](C)Sc2nnc(C3CC3)n2-c2ccccc2)cc1. The Hall–Kier alpha value is -2.80. The summed E-state index contributed by atoms with van der Waals surface area (Å²) in [7, 11) is 1.62. The molecule has 1 atom stereocenters. The molecule has 6 nitrogen and oxygen atoms in total. The zero-order valence-corrected chi connectivity index (χ0v) is 16.6. The molecule has 2 aromatic carbocycles. The number of rotatable bonds is 7. The average molecular weight is 395 g/mol. The predicted molar refractivity (Wildman–Crippen MR) is 110 cm³/mol. The fourth-order valence-electron chi connectivity index (χ4n) is 2.91. The van der Waals surface area contributed by atoms with E-state index < -0.39 is 0 Å². The first-order valence-corrected chi connectivity index (χ1v) is 10.2. The fraction of sp³-hybridized carbons (Fsp3) is 0.286. The van der Waals surface area contributed by atoms with E-state index in [-0.39, 0.29) is 11.2 Å². The van der Waals surface area contributed by atoms with Gasteiger partial charge in [-0.2, -0.15) is 0 Å². The summed E-state index contributed by atoms with van der Waals surface area (Å²) in [4.78, 5) is 12.7. The third kappa shape index (κ3) is 4.04. The topological polar surface area (TPSA) is 69.0 Å². The van der Waals surface area contributed by atoms with Crippen molar-refractivity contribution >= 4 is 23.4 Å². The van der Waals surface area contributed by atoms with Crippen LogP contribution in [0.25, 0.3) is 5.69 Å². The highest BCUT2D eigenvalue weighted by Crippen LogP contribution is 2.41. The molecular formula is C21H22N4O2S. The molecule has 1 heterocycles. The van der Waals surface area contributed by atoms with Gasteiger partial charge in [-0.25, -0.2) is 0 Å². The van der Waals surface area contributed by atoms with Crippen molar-refractivity contribution in [3.05, 3.63) is 60.4 Å². The Morgan fingerprint density at radius 2 is 1.86 bits per heavy atom. The lowest BCUT2D eigenvalue weighted by molar-refractivity contribution is -0.115. The van der Waals surface area contributed by atoms with Crippen molar-refractivity contribution in [3.63, 3.8) is 0 Å². The molecule has 0 unspecified atom stereocenters. The van der Waals surface area contributed by atoms with E-state index >= 15 is 0 Å². The number of methoxy groups -OCH3 is 1. The lowest BCUT2D eigenvalue weighted by Crippen LogP contribution is -2.22. The van der Waals surface area contributed by atoms with Gasteiger partial charge < -0.3 is 10.1 Å². The predicted octanol–water partition coefficient (Wildman–Crippen LogP) is 4.27. The maximum absolute atomic E-state index is 12.7. The number of carbonyl (C=O) groups is 1. The van der Waals surface area contributed by atoms with E-state index in [1.807, 2.05) is 61.5 Å². The molecular weight excluding hydrogens is 372 g/mol. The van der Waals surface area contributed by atoms with Crippen molar-refractivity contribution < 1.29 is 9.53 Å². The molecule has 28 heavy (non-hydrogen) atoms. The summed E-state index contributed by atoms with van der Waals surface area (Å²) in [6.45, 7) is 1.88. The summed E-state index contributed by atoms with van der Waals surface area (Å²) >= 11 is 1.42. The van der Waals surface area contributed by atoms with Gasteiger partial charge in [-0.15, -0.1) is 10.2 Å². The number of thioether (sulfide) groups is 1. The van der Waals surface area contributed by atoms with E-state index in [0.29, 0.717) is 5.92 Å². The molecule has 0 radical (unpaired) electrons. The molecule has 0 saturated heterocycles. The number of hydrogen-bond donors (Lipinski definition) is 1. The highest BCUT2D eigenvalue weighted by Gasteiger charge is 2.31. The summed E-state index contributed by atoms with van der Waals surface area (Å²) in [5.41, 5.74) is 1.76. The molecule has 7 heteroatoms. The molecule has 1 aliphatic rings. The minimum atomic E-state index is -0.319. The molecule has 1 N–H and O–H groups in total. The van der Waals surface area contributed by atoms with Gasteiger partial charge >= 0.3 is 0 Å². The Morgan fingerprint density at radius 1 is 1.14 bits per heavy atom. The van der Waals surface area contributed by atoms with E-state index in [2.05, 4.69) is 20.1 Å². The van der Waals surface area contributed by atoms with Gasteiger partial charge in [0.15, 0.2) is 5.16 Å². The summed E-state index contributed by atoms with van der Waals surface area (Å²) in [5, 5.41) is 12.2. The molecule has 1 aliphatic carbocycles. The molecule has 144 valence electrons. The number of carbonyl (C=O) groups excluding carboxylic acids is 1. The van der Waals surface area contributed by atoms with Crippen molar-refractivity contribution in [1.82, 2.24) is 14.8 Å². The van der Waals surface area contributed by atoms with Crippen LogP contribution >= 0.6 is 11.8 Å². The first-order chi connectivity index (χ1) is 13.7. The van der Waals surface area contributed by atoms with Gasteiger partial charge in [0, 0.05) is 17.3 Å². The number of amides is 1. The van der Waals surface area contributed by atoms with Gasteiger partial charge in [0.2, 0.25) is 5.91 Å². The number of aromatic nitrogens is 3. The molecule has 0 spiro atoms. The van der Waals surface area contributed by atoms with E-state index in [1.165, 1.54) is 11.8 Å². The molecule has 1 fully saturated rings. The first-order valence-electron chi connectivity index (χ1n) is 9.28. The molecule has 0 bridgehead atoms. The third-order valence-corrected chi connectivity index (χ3v) is 5.67. The lowest BCUT2D eigenvalue weighted by Gasteiger charge is -2.14. The van der Waals surface area contributed by atoms with Gasteiger partial charge in [-0.3, -0.25) is 9.36 Å². The second-order valence-electron chi connectivity index (χ2n) is 6.76. The Bertz CT molecular complexity index is 952. The minimum Gasteiger partial charge on any atom is -0.497 e. The second kappa shape index (κ2) is 8.06. The zero-order valence-electron chi connectivity index (χ0n) is 15.8. The minimum absolute atomic E-state index is 0.0780. The maximum Gasteiger partial charge on any atom is 0.237 e. The summed E-state index contributed by atoms with van der Waals surface area (Å²) < 4.78 is 7.23. The Balaban J connectivity index is 1.51. The summed E-state index contributed by atoms with van der Waals surface area (Å²) in [5.74, 6) is 2.12. The van der Waals surface area contributed by atoms with Crippen LogP contribution in [0, 0.1) is 0 Å². The molecule has 0 aliphatic heterocycles. The lowest BCUT2D eigenvalue weighted by atomic mass is 10.3. The van der Waals surface area contributed by atoms with Crippen LogP contribution < -0.4 is 10.1 Å². The summed E-state index contributed by atoms with van der Waals surface area (Å²) in [6, 6.07) is 17.4. The van der Waals surface area contributed by atoms with E-state index in [4.69, 9.17) is 4.74 Å². The van der Waals surface area contributed by atoms with Crippen LogP contribution in [0.1, 0.15) is 31.5 Å². The summed E-state index contributed by atoms with van der Waals surface area (Å²) in [6.07, 6.45) is 2.28. The number of nitrogens with one attached hydrogen (secondary N) is 1. The molecule has 1 amide bonds. The van der Waals surface area contributed by atoms with Crippen molar-refractivity contribution in [3.8, 4) is 11.4 Å². The number of hydrogen-bond acceptors (Lipinski definition) is 5. The largest absolute Gasteiger partial charge is 0.497 e. The first kappa shape index (κ1) is 18.6. The van der Waals surface area contributed by atoms with Gasteiger partial charge in [0.1, 0.15) is 11.6 Å². The van der Waals surface area contributed by atoms with Crippen LogP contribution in [0.15, 0.2) is 59.8 Å². The van der Waals surface area contributed by atoms with E-state index in [1.54, 1.807) is 7.11 Å². The highest BCUT2D eigenvalue weighted by molar-refractivity contribution is 8.00. The number of para-hydroxylation sites is 1. The van der Waals surface area contributed by atoms with Gasteiger partial charge in [0.05, 0.1) is 12.4 Å². The van der Waals surface area contributed by atoms with E-state index in [0.717, 1.165) is 40.9 Å². The van der Waals surface area contributed by atoms with Gasteiger partial charge in [-0.05, 0) is 56.2 Å².